The Morgan fingerprint density at radius 3 is 2.25 bits per heavy atom. The highest BCUT2D eigenvalue weighted by Crippen LogP contribution is 2.08. The zero-order chi connectivity index (χ0) is 6.57. The molecule has 0 amide bonds. The molecule has 0 saturated carbocycles. The van der Waals surface area contributed by atoms with Crippen LogP contribution >= 0.6 is 11.6 Å². The van der Waals surface area contributed by atoms with E-state index < -0.39 is 18.4 Å². The first-order chi connectivity index (χ1) is 3.68. The van der Waals surface area contributed by atoms with Crippen molar-refractivity contribution in [2.75, 3.05) is 6.67 Å². The van der Waals surface area contributed by atoms with Gasteiger partial charge in [0.05, 0.1) is 12.1 Å². The van der Waals surface area contributed by atoms with E-state index in [0.29, 0.717) is 0 Å². The van der Waals surface area contributed by atoms with Gasteiger partial charge in [0.25, 0.3) is 0 Å². The van der Waals surface area contributed by atoms with Crippen molar-refractivity contribution in [3.05, 3.63) is 0 Å². The average molecular weight is 144 g/mol. The Labute approximate surface area is 51.3 Å². The summed E-state index contributed by atoms with van der Waals surface area (Å²) in [5, 5.41) is 8.44. The van der Waals surface area contributed by atoms with Crippen molar-refractivity contribution in [3.63, 3.8) is 0 Å². The average Bonchev–Trinajstić information content (AvgIpc) is 1.67. The molecule has 0 aliphatic carbocycles. The van der Waals surface area contributed by atoms with Crippen LogP contribution in [0.2, 0.25) is 0 Å². The highest BCUT2D eigenvalue weighted by Gasteiger charge is 2.15. The summed E-state index contributed by atoms with van der Waals surface area (Å²) in [4.78, 5) is 0. The third kappa shape index (κ3) is 3.16. The van der Waals surface area contributed by atoms with Crippen molar-refractivity contribution >= 4 is 11.6 Å². The molecule has 0 saturated heterocycles. The van der Waals surface area contributed by atoms with Crippen molar-refractivity contribution in [2.45, 2.75) is 18.2 Å². The summed E-state index contributed by atoms with van der Waals surface area (Å²) in [6, 6.07) is 0. The summed E-state index contributed by atoms with van der Waals surface area (Å²) in [6.45, 7) is -0.739. The minimum absolute atomic E-state index is 0.202. The van der Waals surface area contributed by atoms with Crippen LogP contribution in [0.15, 0.2) is 0 Å². The van der Waals surface area contributed by atoms with Crippen LogP contribution in [0.5, 0.6) is 0 Å². The van der Waals surface area contributed by atoms with Gasteiger partial charge in [-0.05, 0) is 6.42 Å². The van der Waals surface area contributed by atoms with Crippen molar-refractivity contribution in [1.29, 1.82) is 0 Å². The maximum Gasteiger partial charge on any atom is 0.247 e. The molecule has 1 radical (unpaired) electrons. The minimum atomic E-state index is -2.35. The number of hydrogen-bond donors (Lipinski definition) is 0. The van der Waals surface area contributed by atoms with E-state index in [0.717, 1.165) is 0 Å². The molecule has 8 heavy (non-hydrogen) atoms. The van der Waals surface area contributed by atoms with Crippen molar-refractivity contribution in [3.8, 4) is 0 Å². The lowest BCUT2D eigenvalue weighted by Gasteiger charge is -2.02. The van der Waals surface area contributed by atoms with Crippen LogP contribution in [0.1, 0.15) is 6.42 Å². The highest BCUT2D eigenvalue weighted by molar-refractivity contribution is 6.20. The minimum Gasteiger partial charge on any atom is -0.251 e. The normalized spacial score (nSPS) is 18.0. The molecular formula is C4H6ClF2O. The molecule has 0 rings (SSSR count). The zero-order valence-corrected chi connectivity index (χ0v) is 4.87. The number of hydrogen-bond acceptors (Lipinski definition) is 0. The van der Waals surface area contributed by atoms with Gasteiger partial charge in [-0.2, -0.15) is 5.11 Å². The van der Waals surface area contributed by atoms with Crippen LogP contribution in [-0.4, -0.2) is 18.4 Å². The van der Waals surface area contributed by atoms with Crippen LogP contribution in [0.4, 0.5) is 8.78 Å². The Kier molecular flexibility index (Phi) is 4.09. The highest BCUT2D eigenvalue weighted by atomic mass is 35.5. The molecule has 0 aliphatic rings. The number of alkyl halides is 3. The quantitative estimate of drug-likeness (QED) is 0.536. The number of rotatable bonds is 3. The summed E-state index contributed by atoms with van der Waals surface area (Å²) >= 11 is 4.99. The van der Waals surface area contributed by atoms with E-state index in [1.807, 2.05) is 0 Å². The fraction of sp³-hybridized carbons (Fsp3) is 1.00. The topological polar surface area (TPSA) is 19.9 Å². The van der Waals surface area contributed by atoms with Gasteiger partial charge in [0, 0.05) is 0 Å². The van der Waals surface area contributed by atoms with E-state index in [-0.39, 0.29) is 6.42 Å². The summed E-state index contributed by atoms with van der Waals surface area (Å²) in [7, 11) is 0. The van der Waals surface area contributed by atoms with Gasteiger partial charge in [-0.3, -0.25) is 4.39 Å². The van der Waals surface area contributed by atoms with E-state index in [4.69, 9.17) is 11.6 Å². The van der Waals surface area contributed by atoms with Gasteiger partial charge >= 0.3 is 0 Å². The molecule has 49 valence electrons. The van der Waals surface area contributed by atoms with Gasteiger partial charge in [-0.15, -0.1) is 11.6 Å². The molecule has 2 atom stereocenters. The van der Waals surface area contributed by atoms with Crippen LogP contribution in [0, 0.1) is 0 Å². The van der Waals surface area contributed by atoms with E-state index in [1.165, 1.54) is 0 Å². The monoisotopic (exact) mass is 143 g/mol. The lowest BCUT2D eigenvalue weighted by molar-refractivity contribution is -0.0268. The summed E-state index contributed by atoms with van der Waals surface area (Å²) in [5.74, 6) is 0. The lowest BCUT2D eigenvalue weighted by Crippen LogP contribution is -2.13. The maximum atomic E-state index is 11.4. The summed E-state index contributed by atoms with van der Waals surface area (Å²) < 4.78 is 22.6. The molecule has 0 aromatic carbocycles. The third-order valence-electron chi connectivity index (χ3n) is 0.669. The molecule has 0 spiro atoms. The molecular weight excluding hydrogens is 137 g/mol. The first-order valence-corrected chi connectivity index (χ1v) is 2.62. The molecule has 0 N–H and O–H groups in total. The van der Waals surface area contributed by atoms with Gasteiger partial charge in [0.15, 0.2) is 0 Å². The van der Waals surface area contributed by atoms with Gasteiger partial charge < -0.3 is 0 Å². The fourth-order valence-electron chi connectivity index (χ4n) is 0.235. The van der Waals surface area contributed by atoms with Gasteiger partial charge in [0.1, 0.15) is 0 Å². The van der Waals surface area contributed by atoms with Gasteiger partial charge in [-0.1, -0.05) is 0 Å². The van der Waals surface area contributed by atoms with Crippen LogP contribution in [0.25, 0.3) is 0 Å². The van der Waals surface area contributed by atoms with E-state index >= 15 is 0 Å². The molecule has 0 fully saturated rings. The van der Waals surface area contributed by atoms with Crippen molar-refractivity contribution in [1.82, 2.24) is 0 Å². The second-order valence-electron chi connectivity index (χ2n) is 1.34. The zero-order valence-electron chi connectivity index (χ0n) is 4.11. The summed E-state index contributed by atoms with van der Waals surface area (Å²) in [5.41, 5.74) is 0. The second kappa shape index (κ2) is 4.04. The smallest absolute Gasteiger partial charge is 0.247 e. The molecule has 1 nitrogen and oxygen atoms in total. The Bertz CT molecular complexity index is 60.0. The van der Waals surface area contributed by atoms with E-state index in [9.17, 15) is 13.9 Å². The van der Waals surface area contributed by atoms with Crippen LogP contribution in [-0.2, 0) is 5.11 Å². The molecule has 0 bridgehead atoms. The standard InChI is InChI=1S/C4H6ClF2O/c5-3(1-2-6)4(7)8/h3-4H,1-2H2. The first-order valence-electron chi connectivity index (χ1n) is 2.18. The predicted molar refractivity (Wildman–Crippen MR) is 25.8 cm³/mol. The molecule has 0 aromatic heterocycles. The molecule has 0 aromatic rings. The Morgan fingerprint density at radius 1 is 1.62 bits per heavy atom. The lowest BCUT2D eigenvalue weighted by atomic mass is 10.3. The SMILES string of the molecule is [O]C(F)C(Cl)CCF. The van der Waals surface area contributed by atoms with E-state index in [1.54, 1.807) is 0 Å². The van der Waals surface area contributed by atoms with Crippen molar-refractivity contribution in [2.24, 2.45) is 0 Å². The van der Waals surface area contributed by atoms with Crippen LogP contribution in [0.3, 0.4) is 0 Å². The third-order valence-corrected chi connectivity index (χ3v) is 1.09. The Morgan fingerprint density at radius 2 is 2.12 bits per heavy atom. The fourth-order valence-corrected chi connectivity index (χ4v) is 0.318. The molecule has 0 aliphatic heterocycles. The van der Waals surface area contributed by atoms with E-state index in [2.05, 4.69) is 0 Å². The molecule has 2 unspecified atom stereocenters. The Balaban J connectivity index is 3.17. The predicted octanol–water partition coefficient (Wildman–Crippen LogP) is 1.68. The second-order valence-corrected chi connectivity index (χ2v) is 1.91. The molecule has 0 heterocycles. The first kappa shape index (κ1) is 8.11. The van der Waals surface area contributed by atoms with Gasteiger partial charge in [0.2, 0.25) is 6.36 Å². The largest absolute Gasteiger partial charge is 0.251 e. The number of halogens is 3. The summed E-state index contributed by atoms with van der Waals surface area (Å²) in [6.07, 6.45) is -2.56. The Hall–Kier alpha value is 0.110. The molecule has 4 heteroatoms. The maximum absolute atomic E-state index is 11.4. The van der Waals surface area contributed by atoms with Gasteiger partial charge in [-0.25, -0.2) is 4.39 Å². The van der Waals surface area contributed by atoms with Crippen molar-refractivity contribution < 1.29 is 13.9 Å². The van der Waals surface area contributed by atoms with Crippen LogP contribution < -0.4 is 0 Å².